The second-order valence-corrected chi connectivity index (χ2v) is 10.2. The van der Waals surface area contributed by atoms with Gasteiger partial charge in [0, 0.05) is 20.0 Å². The summed E-state index contributed by atoms with van der Waals surface area (Å²) in [5.74, 6) is -0.0194. The van der Waals surface area contributed by atoms with Gasteiger partial charge >= 0.3 is 0 Å². The van der Waals surface area contributed by atoms with Gasteiger partial charge in [-0.25, -0.2) is 25.9 Å². The van der Waals surface area contributed by atoms with E-state index < -0.39 is 32.0 Å². The maximum atomic E-state index is 12.6. The zero-order valence-electron chi connectivity index (χ0n) is 14.7. The quantitative estimate of drug-likeness (QED) is 0.711. The number of aryl methyl sites for hydroxylation is 1. The minimum atomic E-state index is -3.79. The predicted octanol–water partition coefficient (Wildman–Crippen LogP) is 0.188. The van der Waals surface area contributed by atoms with E-state index >= 15 is 0 Å². The fourth-order valence-electron chi connectivity index (χ4n) is 2.60. The summed E-state index contributed by atoms with van der Waals surface area (Å²) in [6, 6.07) is 3.96. The maximum Gasteiger partial charge on any atom is 0.240 e. The van der Waals surface area contributed by atoms with E-state index in [0.717, 1.165) is 4.31 Å². The molecule has 8 nitrogen and oxygen atoms in total. The van der Waals surface area contributed by atoms with Gasteiger partial charge in [0.15, 0.2) is 0 Å². The molecule has 0 aromatic heterocycles. The summed E-state index contributed by atoms with van der Waals surface area (Å²) in [7, 11) is -2.83. The van der Waals surface area contributed by atoms with Gasteiger partial charge in [-0.1, -0.05) is 0 Å². The second-order valence-electron chi connectivity index (χ2n) is 6.22. The Hall–Kier alpha value is -1.20. The summed E-state index contributed by atoms with van der Waals surface area (Å²) in [5, 5.41) is 0. The molecule has 1 aliphatic rings. The lowest BCUT2D eigenvalue weighted by molar-refractivity contribution is 0.185. The van der Waals surface area contributed by atoms with Crippen LogP contribution in [0.2, 0.25) is 0 Å². The third kappa shape index (κ3) is 4.70. The topological polar surface area (TPSA) is 102 Å². The summed E-state index contributed by atoms with van der Waals surface area (Å²) in [5.41, 5.74) is 0.694. The number of hydrogen-bond acceptors (Lipinski definition) is 6. The van der Waals surface area contributed by atoms with Gasteiger partial charge in [-0.2, -0.15) is 0 Å². The zero-order valence-corrected chi connectivity index (χ0v) is 16.4. The van der Waals surface area contributed by atoms with Crippen molar-refractivity contribution in [2.45, 2.75) is 17.9 Å². The number of ether oxygens (including phenoxy) is 2. The molecule has 1 aromatic carbocycles. The van der Waals surface area contributed by atoms with Gasteiger partial charge in [0.05, 0.1) is 37.0 Å². The first-order valence-corrected chi connectivity index (χ1v) is 10.8. The van der Waals surface area contributed by atoms with E-state index in [4.69, 9.17) is 9.47 Å². The molecular weight excluding hydrogens is 368 g/mol. The molecule has 0 unspecified atom stereocenters. The van der Waals surface area contributed by atoms with Crippen LogP contribution in [0.15, 0.2) is 23.1 Å². The van der Waals surface area contributed by atoms with Crippen LogP contribution >= 0.6 is 0 Å². The summed E-state index contributed by atoms with van der Waals surface area (Å²) >= 11 is 0. The van der Waals surface area contributed by atoms with Gasteiger partial charge in [-0.15, -0.1) is 0 Å². The summed E-state index contributed by atoms with van der Waals surface area (Å²) in [6.07, 6.45) is 0. The standard InChI is InChI=1S/C15H24N2O6S2/c1-11-7-13(5-6-15(11)22-4)25(20,21)16-14-9-23-8-12(14)10-24(18,19)17(2)3/h5-7,12,14,16H,8-10H2,1-4H3/t12-,14-/m0/s1. The number of nitrogens with zero attached hydrogens (tertiary/aromatic N) is 1. The molecule has 1 aliphatic heterocycles. The lowest BCUT2D eigenvalue weighted by Gasteiger charge is -2.21. The van der Waals surface area contributed by atoms with Crippen LogP contribution in [-0.4, -0.2) is 67.4 Å². The molecule has 25 heavy (non-hydrogen) atoms. The fourth-order valence-corrected chi connectivity index (χ4v) is 5.14. The first kappa shape index (κ1) is 20.1. The maximum absolute atomic E-state index is 12.6. The molecule has 0 radical (unpaired) electrons. The van der Waals surface area contributed by atoms with Gasteiger partial charge in [0.25, 0.3) is 0 Å². The van der Waals surface area contributed by atoms with E-state index in [-0.39, 0.29) is 23.9 Å². The Morgan fingerprint density at radius 2 is 1.92 bits per heavy atom. The van der Waals surface area contributed by atoms with Gasteiger partial charge in [-0.3, -0.25) is 0 Å². The highest BCUT2D eigenvalue weighted by molar-refractivity contribution is 7.89. The molecule has 1 aromatic rings. The molecule has 1 fully saturated rings. The van der Waals surface area contributed by atoms with Crippen molar-refractivity contribution in [1.29, 1.82) is 0 Å². The highest BCUT2D eigenvalue weighted by atomic mass is 32.2. The molecule has 0 saturated carbocycles. The second kappa shape index (κ2) is 7.58. The summed E-state index contributed by atoms with van der Waals surface area (Å²) < 4.78 is 63.5. The predicted molar refractivity (Wildman–Crippen MR) is 93.6 cm³/mol. The Morgan fingerprint density at radius 3 is 2.48 bits per heavy atom. The highest BCUT2D eigenvalue weighted by Crippen LogP contribution is 2.23. The average molecular weight is 392 g/mol. The van der Waals surface area contributed by atoms with E-state index in [2.05, 4.69) is 4.72 Å². The van der Waals surface area contributed by atoms with Crippen LogP contribution in [0.5, 0.6) is 5.75 Å². The van der Waals surface area contributed by atoms with Crippen LogP contribution < -0.4 is 9.46 Å². The van der Waals surface area contributed by atoms with Crippen molar-refractivity contribution in [3.63, 3.8) is 0 Å². The Bertz CT molecular complexity index is 820. The Balaban J connectivity index is 2.17. The van der Waals surface area contributed by atoms with Gasteiger partial charge < -0.3 is 9.47 Å². The first-order valence-electron chi connectivity index (χ1n) is 7.72. The number of nitrogens with one attached hydrogen (secondary N) is 1. The van der Waals surface area contributed by atoms with E-state index in [1.54, 1.807) is 13.0 Å². The largest absolute Gasteiger partial charge is 0.496 e. The molecular formula is C15H24N2O6S2. The molecule has 0 bridgehead atoms. The lowest BCUT2D eigenvalue weighted by atomic mass is 10.1. The van der Waals surface area contributed by atoms with Gasteiger partial charge in [0.1, 0.15) is 5.75 Å². The smallest absolute Gasteiger partial charge is 0.240 e. The summed E-state index contributed by atoms with van der Waals surface area (Å²) in [4.78, 5) is 0.104. The van der Waals surface area contributed by atoms with Crippen LogP contribution in [0, 0.1) is 12.8 Å². The van der Waals surface area contributed by atoms with E-state index in [9.17, 15) is 16.8 Å². The third-order valence-electron chi connectivity index (χ3n) is 4.16. The SMILES string of the molecule is COc1ccc(S(=O)(=O)N[C@H]2COC[C@H]2CS(=O)(=O)N(C)C)cc1C. The molecule has 2 atom stereocenters. The molecule has 0 aliphatic carbocycles. The van der Waals surface area contributed by atoms with Crippen molar-refractivity contribution >= 4 is 20.0 Å². The van der Waals surface area contributed by atoms with Crippen molar-refractivity contribution in [3.8, 4) is 5.75 Å². The van der Waals surface area contributed by atoms with Crippen LogP contribution in [0.25, 0.3) is 0 Å². The fraction of sp³-hybridized carbons (Fsp3) is 0.600. The highest BCUT2D eigenvalue weighted by Gasteiger charge is 2.36. The van der Waals surface area contributed by atoms with E-state index in [0.29, 0.717) is 11.3 Å². The van der Waals surface area contributed by atoms with E-state index in [1.165, 1.54) is 33.3 Å². The first-order chi connectivity index (χ1) is 11.6. The van der Waals surface area contributed by atoms with Crippen molar-refractivity contribution < 1.29 is 26.3 Å². The number of methoxy groups -OCH3 is 1. The molecule has 1 N–H and O–H groups in total. The minimum Gasteiger partial charge on any atom is -0.496 e. The monoisotopic (exact) mass is 392 g/mol. The van der Waals surface area contributed by atoms with Crippen molar-refractivity contribution in [2.24, 2.45) is 5.92 Å². The molecule has 2 rings (SSSR count). The molecule has 10 heteroatoms. The number of benzene rings is 1. The lowest BCUT2D eigenvalue weighted by Crippen LogP contribution is -2.43. The molecule has 1 saturated heterocycles. The number of hydrogen-bond donors (Lipinski definition) is 1. The van der Waals surface area contributed by atoms with Gasteiger partial charge in [0.2, 0.25) is 20.0 Å². The molecule has 142 valence electrons. The zero-order chi connectivity index (χ0) is 18.8. The van der Waals surface area contributed by atoms with Crippen LogP contribution in [-0.2, 0) is 24.8 Å². The number of rotatable bonds is 7. The minimum absolute atomic E-state index is 0.104. The van der Waals surface area contributed by atoms with Crippen LogP contribution in [0.1, 0.15) is 5.56 Å². The van der Waals surface area contributed by atoms with Crippen LogP contribution in [0.4, 0.5) is 0 Å². The van der Waals surface area contributed by atoms with Crippen molar-refractivity contribution in [1.82, 2.24) is 9.03 Å². The Morgan fingerprint density at radius 1 is 1.24 bits per heavy atom. The van der Waals surface area contributed by atoms with Crippen molar-refractivity contribution in [2.75, 3.05) is 40.2 Å². The Kier molecular flexibility index (Phi) is 6.10. The summed E-state index contributed by atoms with van der Waals surface area (Å²) in [6.45, 7) is 2.09. The van der Waals surface area contributed by atoms with Crippen molar-refractivity contribution in [3.05, 3.63) is 23.8 Å². The van der Waals surface area contributed by atoms with E-state index in [1.807, 2.05) is 0 Å². The third-order valence-corrected chi connectivity index (χ3v) is 7.61. The number of sulfonamides is 2. The van der Waals surface area contributed by atoms with Gasteiger partial charge in [-0.05, 0) is 30.7 Å². The normalized spacial score (nSPS) is 21.6. The Labute approximate surface area is 149 Å². The molecule has 0 amide bonds. The molecule has 1 heterocycles. The average Bonchev–Trinajstić information content (AvgIpc) is 2.92. The molecule has 0 spiro atoms. The van der Waals surface area contributed by atoms with Crippen LogP contribution in [0.3, 0.4) is 0 Å².